The van der Waals surface area contributed by atoms with E-state index in [2.05, 4.69) is 0 Å². The Kier molecular flexibility index (Phi) is 3.28. The van der Waals surface area contributed by atoms with Gasteiger partial charge in [0.05, 0.1) is 0 Å². The zero-order valence-corrected chi connectivity index (χ0v) is 9.48. The van der Waals surface area contributed by atoms with E-state index < -0.39 is 5.82 Å². The van der Waals surface area contributed by atoms with Gasteiger partial charge in [0, 0.05) is 5.56 Å². The van der Waals surface area contributed by atoms with Crippen LogP contribution in [0.15, 0.2) is 42.5 Å². The summed E-state index contributed by atoms with van der Waals surface area (Å²) in [5, 5.41) is 9.66. The van der Waals surface area contributed by atoms with Crippen molar-refractivity contribution < 1.29 is 14.2 Å². The van der Waals surface area contributed by atoms with E-state index >= 15 is 0 Å². The third kappa shape index (κ3) is 2.75. The van der Waals surface area contributed by atoms with Gasteiger partial charge in [-0.15, -0.1) is 0 Å². The molecule has 2 aromatic carbocycles. The Morgan fingerprint density at radius 1 is 1.18 bits per heavy atom. The fourth-order valence-electron chi connectivity index (χ4n) is 1.51. The standard InChI is InChI=1S/C14H13FO2/c1-10-6-7-11(13(16)8-10)9-17-14-5-3-2-4-12(14)15/h2-8,16H,9H2,1H3. The summed E-state index contributed by atoms with van der Waals surface area (Å²) in [5.41, 5.74) is 1.61. The summed E-state index contributed by atoms with van der Waals surface area (Å²) in [4.78, 5) is 0. The molecule has 0 amide bonds. The minimum atomic E-state index is -0.404. The van der Waals surface area contributed by atoms with Gasteiger partial charge in [0.2, 0.25) is 0 Å². The number of para-hydroxylation sites is 1. The summed E-state index contributed by atoms with van der Waals surface area (Å²) < 4.78 is 18.6. The van der Waals surface area contributed by atoms with Gasteiger partial charge in [0.25, 0.3) is 0 Å². The summed E-state index contributed by atoms with van der Waals surface area (Å²) >= 11 is 0. The van der Waals surface area contributed by atoms with Crippen LogP contribution in [0, 0.1) is 12.7 Å². The Balaban J connectivity index is 2.10. The van der Waals surface area contributed by atoms with E-state index in [4.69, 9.17) is 4.74 Å². The highest BCUT2D eigenvalue weighted by Crippen LogP contribution is 2.22. The Hall–Kier alpha value is -2.03. The molecule has 2 rings (SSSR count). The molecule has 0 fully saturated rings. The molecule has 1 N–H and O–H groups in total. The van der Waals surface area contributed by atoms with Crippen molar-refractivity contribution in [2.45, 2.75) is 13.5 Å². The van der Waals surface area contributed by atoms with Crippen LogP contribution in [-0.2, 0) is 6.61 Å². The molecule has 0 aliphatic rings. The van der Waals surface area contributed by atoms with Crippen LogP contribution in [-0.4, -0.2) is 5.11 Å². The monoisotopic (exact) mass is 232 g/mol. The first-order chi connectivity index (χ1) is 8.16. The van der Waals surface area contributed by atoms with Crippen LogP contribution in [0.1, 0.15) is 11.1 Å². The number of rotatable bonds is 3. The lowest BCUT2D eigenvalue weighted by molar-refractivity contribution is 0.284. The normalized spacial score (nSPS) is 10.2. The van der Waals surface area contributed by atoms with E-state index in [9.17, 15) is 9.50 Å². The summed E-state index contributed by atoms with van der Waals surface area (Å²) in [6, 6.07) is 11.5. The van der Waals surface area contributed by atoms with E-state index in [0.29, 0.717) is 5.56 Å². The lowest BCUT2D eigenvalue weighted by atomic mass is 10.1. The van der Waals surface area contributed by atoms with Crippen LogP contribution in [0.5, 0.6) is 11.5 Å². The van der Waals surface area contributed by atoms with Gasteiger partial charge in [-0.25, -0.2) is 4.39 Å². The molecule has 0 radical (unpaired) electrons. The summed E-state index contributed by atoms with van der Waals surface area (Å²) in [6.45, 7) is 2.04. The van der Waals surface area contributed by atoms with E-state index in [1.54, 1.807) is 30.3 Å². The van der Waals surface area contributed by atoms with Gasteiger partial charge < -0.3 is 9.84 Å². The topological polar surface area (TPSA) is 29.5 Å². The number of phenols is 1. The SMILES string of the molecule is Cc1ccc(COc2ccccc2F)c(O)c1. The third-order valence-corrected chi connectivity index (χ3v) is 2.46. The number of ether oxygens (including phenoxy) is 1. The van der Waals surface area contributed by atoms with Gasteiger partial charge in [-0.3, -0.25) is 0 Å². The maximum absolute atomic E-state index is 13.3. The van der Waals surface area contributed by atoms with Crippen LogP contribution in [0.2, 0.25) is 0 Å². The van der Waals surface area contributed by atoms with E-state index in [0.717, 1.165) is 5.56 Å². The number of hydrogen-bond donors (Lipinski definition) is 1. The number of aryl methyl sites for hydroxylation is 1. The summed E-state index contributed by atoms with van der Waals surface area (Å²) in [6.07, 6.45) is 0. The molecule has 0 saturated heterocycles. The van der Waals surface area contributed by atoms with Gasteiger partial charge in [0.1, 0.15) is 12.4 Å². The second-order valence-corrected chi connectivity index (χ2v) is 3.85. The van der Waals surface area contributed by atoms with Crippen LogP contribution in [0.4, 0.5) is 4.39 Å². The first-order valence-electron chi connectivity index (χ1n) is 5.32. The zero-order chi connectivity index (χ0) is 12.3. The van der Waals surface area contributed by atoms with Crippen LogP contribution < -0.4 is 4.74 Å². The van der Waals surface area contributed by atoms with E-state index in [-0.39, 0.29) is 18.1 Å². The van der Waals surface area contributed by atoms with Gasteiger partial charge in [-0.1, -0.05) is 24.3 Å². The molecule has 0 bridgehead atoms. The van der Waals surface area contributed by atoms with Crippen molar-refractivity contribution in [2.75, 3.05) is 0 Å². The van der Waals surface area contributed by atoms with Gasteiger partial charge in [-0.2, -0.15) is 0 Å². The van der Waals surface area contributed by atoms with E-state index in [1.165, 1.54) is 6.07 Å². The Morgan fingerprint density at radius 3 is 2.65 bits per heavy atom. The Bertz CT molecular complexity index is 523. The molecule has 3 heteroatoms. The zero-order valence-electron chi connectivity index (χ0n) is 9.48. The molecule has 0 aliphatic carbocycles. The average Bonchev–Trinajstić information content (AvgIpc) is 2.30. The minimum absolute atomic E-state index is 0.146. The van der Waals surface area contributed by atoms with E-state index in [1.807, 2.05) is 13.0 Å². The Labute approximate surface area is 99.3 Å². The first kappa shape index (κ1) is 11.5. The number of halogens is 1. The highest BCUT2D eigenvalue weighted by Gasteiger charge is 2.05. The summed E-state index contributed by atoms with van der Waals surface area (Å²) in [5.74, 6) is -0.0482. The van der Waals surface area contributed by atoms with Crippen molar-refractivity contribution in [3.8, 4) is 11.5 Å². The molecule has 88 valence electrons. The van der Waals surface area contributed by atoms with Crippen LogP contribution in [0.3, 0.4) is 0 Å². The van der Waals surface area contributed by atoms with Crippen molar-refractivity contribution in [3.05, 3.63) is 59.4 Å². The highest BCUT2D eigenvalue weighted by atomic mass is 19.1. The second kappa shape index (κ2) is 4.87. The number of aromatic hydroxyl groups is 1. The quantitative estimate of drug-likeness (QED) is 0.878. The predicted octanol–water partition coefficient (Wildman–Crippen LogP) is 3.42. The fourth-order valence-corrected chi connectivity index (χ4v) is 1.51. The van der Waals surface area contributed by atoms with Crippen molar-refractivity contribution in [1.82, 2.24) is 0 Å². The lowest BCUT2D eigenvalue weighted by Gasteiger charge is -2.08. The van der Waals surface area contributed by atoms with Crippen LogP contribution in [0.25, 0.3) is 0 Å². The molecule has 0 spiro atoms. The Morgan fingerprint density at radius 2 is 1.94 bits per heavy atom. The van der Waals surface area contributed by atoms with Gasteiger partial charge in [-0.05, 0) is 30.7 Å². The maximum Gasteiger partial charge on any atom is 0.165 e. The largest absolute Gasteiger partial charge is 0.508 e. The number of phenolic OH excluding ortho intramolecular Hbond substituents is 1. The third-order valence-electron chi connectivity index (χ3n) is 2.46. The minimum Gasteiger partial charge on any atom is -0.508 e. The van der Waals surface area contributed by atoms with Crippen molar-refractivity contribution in [2.24, 2.45) is 0 Å². The number of hydrogen-bond acceptors (Lipinski definition) is 2. The molecular formula is C14H13FO2. The molecule has 2 nitrogen and oxygen atoms in total. The van der Waals surface area contributed by atoms with Gasteiger partial charge >= 0.3 is 0 Å². The smallest absolute Gasteiger partial charge is 0.165 e. The van der Waals surface area contributed by atoms with Crippen molar-refractivity contribution >= 4 is 0 Å². The molecule has 2 aromatic rings. The van der Waals surface area contributed by atoms with Crippen LogP contribution >= 0.6 is 0 Å². The fraction of sp³-hybridized carbons (Fsp3) is 0.143. The highest BCUT2D eigenvalue weighted by molar-refractivity contribution is 5.36. The second-order valence-electron chi connectivity index (χ2n) is 3.85. The predicted molar refractivity (Wildman–Crippen MR) is 63.6 cm³/mol. The molecular weight excluding hydrogens is 219 g/mol. The number of benzene rings is 2. The van der Waals surface area contributed by atoms with Gasteiger partial charge in [0.15, 0.2) is 11.6 Å². The molecule has 0 saturated carbocycles. The molecule has 0 aromatic heterocycles. The summed E-state index contributed by atoms with van der Waals surface area (Å²) in [7, 11) is 0. The van der Waals surface area contributed by atoms with Crippen molar-refractivity contribution in [1.29, 1.82) is 0 Å². The lowest BCUT2D eigenvalue weighted by Crippen LogP contribution is -1.97. The molecule has 0 heterocycles. The maximum atomic E-state index is 13.3. The molecule has 17 heavy (non-hydrogen) atoms. The van der Waals surface area contributed by atoms with Crippen molar-refractivity contribution in [3.63, 3.8) is 0 Å². The average molecular weight is 232 g/mol. The molecule has 0 unspecified atom stereocenters. The molecule has 0 atom stereocenters. The molecule has 0 aliphatic heterocycles. The first-order valence-corrected chi connectivity index (χ1v) is 5.32.